The first kappa shape index (κ1) is 65.7. The lowest BCUT2D eigenvalue weighted by atomic mass is 9.90. The molecule has 2 atom stereocenters. The Hall–Kier alpha value is -1.59. The average molecular weight is 896 g/mol. The molecule has 0 aliphatic rings. The van der Waals surface area contributed by atoms with Crippen molar-refractivity contribution in [1.29, 1.82) is 0 Å². The summed E-state index contributed by atoms with van der Waals surface area (Å²) in [5.74, 6) is -1.04. The summed E-state index contributed by atoms with van der Waals surface area (Å²) in [5, 5.41) is 18.2. The van der Waals surface area contributed by atoms with Crippen LogP contribution < -0.4 is 0 Å². The van der Waals surface area contributed by atoms with E-state index >= 15 is 0 Å². The van der Waals surface area contributed by atoms with Crippen LogP contribution in [-0.2, 0) is 19.1 Å². The Morgan fingerprint density at radius 3 is 0.730 bits per heavy atom. The van der Waals surface area contributed by atoms with E-state index in [0.29, 0.717) is 6.42 Å². The number of hydrogen-bond donors (Lipinski definition) is 2. The minimum absolute atomic E-state index is 0.0273. The molecule has 0 fully saturated rings. The molecule has 63 heavy (non-hydrogen) atoms. The van der Waals surface area contributed by atoms with Gasteiger partial charge in [0.1, 0.15) is 0 Å². The van der Waals surface area contributed by atoms with E-state index in [-0.39, 0.29) is 35.7 Å². The molecule has 0 aliphatic carbocycles. The Bertz CT molecular complexity index is 930. The Balaban J connectivity index is -0.000000861. The van der Waals surface area contributed by atoms with Crippen molar-refractivity contribution in [1.82, 2.24) is 0 Å². The van der Waals surface area contributed by atoms with E-state index in [0.717, 1.165) is 32.1 Å². The van der Waals surface area contributed by atoms with Gasteiger partial charge in [-0.3, -0.25) is 14.4 Å². The highest BCUT2D eigenvalue weighted by Crippen LogP contribution is 2.22. The van der Waals surface area contributed by atoms with Crippen molar-refractivity contribution < 1.29 is 29.3 Å². The lowest BCUT2D eigenvalue weighted by Crippen LogP contribution is -2.19. The van der Waals surface area contributed by atoms with E-state index in [9.17, 15) is 14.4 Å². The maximum Gasteiger partial charge on any atom is 0.306 e. The molecule has 378 valence electrons. The number of carbonyl (C=O) groups is 3. The van der Waals surface area contributed by atoms with Crippen molar-refractivity contribution in [3.63, 3.8) is 0 Å². The smallest absolute Gasteiger partial charge is 0.306 e. The summed E-state index contributed by atoms with van der Waals surface area (Å²) in [4.78, 5) is 33.5. The molecule has 0 spiro atoms. The van der Waals surface area contributed by atoms with E-state index in [1.807, 2.05) is 41.5 Å². The number of ether oxygens (including phenoxy) is 1. The topological polar surface area (TPSA) is 101 Å². The number of unbranched alkanes of at least 4 members (excludes halogenated alkanes) is 34. The van der Waals surface area contributed by atoms with E-state index in [1.54, 1.807) is 0 Å². The van der Waals surface area contributed by atoms with Gasteiger partial charge < -0.3 is 14.9 Å². The molecular formula is C57H114O6. The number of hydrogen-bond acceptors (Lipinski definition) is 4. The normalized spacial score (nSPS) is 12.2. The van der Waals surface area contributed by atoms with Gasteiger partial charge in [0.25, 0.3) is 0 Å². The Morgan fingerprint density at radius 1 is 0.333 bits per heavy atom. The van der Waals surface area contributed by atoms with Gasteiger partial charge in [0.2, 0.25) is 0 Å². The van der Waals surface area contributed by atoms with Crippen LogP contribution in [0.2, 0.25) is 0 Å². The first-order valence-electron chi connectivity index (χ1n) is 28.0. The highest BCUT2D eigenvalue weighted by Gasteiger charge is 2.21. The summed E-state index contributed by atoms with van der Waals surface area (Å²) in [7, 11) is 0. The molecule has 6 nitrogen and oxygen atoms in total. The fraction of sp³-hybridized carbons (Fsp3) is 0.947. The molecule has 2 N–H and O–H groups in total. The molecule has 0 aliphatic heterocycles. The molecule has 2 unspecified atom stereocenters. The van der Waals surface area contributed by atoms with Crippen LogP contribution in [0.4, 0.5) is 0 Å². The number of rotatable bonds is 45. The van der Waals surface area contributed by atoms with Crippen molar-refractivity contribution in [3.05, 3.63) is 0 Å². The van der Waals surface area contributed by atoms with Gasteiger partial charge in [0, 0.05) is 6.42 Å². The predicted molar refractivity (Wildman–Crippen MR) is 275 cm³/mol. The molecule has 0 aromatic carbocycles. The third kappa shape index (κ3) is 54.7. The SMILES string of the molecule is CCCCCCCCCCCCC(C(=O)O)C(C)C.CCCCCCCCCCCCCCCC(=O)OC(C)C.CCCCCCCCCCCCCCCCC(C(=O)O)C(C)C. The first-order valence-corrected chi connectivity index (χ1v) is 28.0. The minimum Gasteiger partial charge on any atom is -0.481 e. The molecule has 0 amide bonds. The molecule has 6 heteroatoms. The maximum atomic E-state index is 11.3. The molecule has 0 bridgehead atoms. The zero-order valence-corrected chi connectivity index (χ0v) is 44.2. The van der Waals surface area contributed by atoms with Crippen LogP contribution in [0.1, 0.15) is 319 Å². The summed E-state index contributed by atoms with van der Waals surface area (Å²) in [6, 6.07) is 0. The zero-order chi connectivity index (χ0) is 47.6. The molecule has 0 saturated heterocycles. The quantitative estimate of drug-likeness (QED) is 0.0466. The number of carbonyl (C=O) groups excluding carboxylic acids is 1. The molecule has 0 radical (unpaired) electrons. The molecular weight excluding hydrogens is 781 g/mol. The summed E-state index contributed by atoms with van der Waals surface area (Å²) >= 11 is 0. The van der Waals surface area contributed by atoms with E-state index in [1.165, 1.54) is 218 Å². The van der Waals surface area contributed by atoms with Gasteiger partial charge in [0.15, 0.2) is 0 Å². The van der Waals surface area contributed by atoms with Gasteiger partial charge in [-0.2, -0.15) is 0 Å². The standard InChI is InChI=1S/C21H42O2.C19H38O2.C17H34O2/c1-4-5-6-7-8-9-10-11-12-13-14-15-16-17-18-20(19(2)3)21(22)23;1-4-5-6-7-8-9-10-11-12-13-14-15-16-17-19(20)21-18(2)3;1-4-5-6-7-8-9-10-11-12-13-14-16(15(2)3)17(18)19/h19-20H,4-18H2,1-3H3,(H,22,23);18H,4-17H2,1-3H3;15-16H,4-14H2,1-3H3,(H,18,19). The number of esters is 1. The van der Waals surface area contributed by atoms with Gasteiger partial charge in [-0.05, 0) is 44.9 Å². The highest BCUT2D eigenvalue weighted by atomic mass is 16.5. The van der Waals surface area contributed by atoms with Gasteiger partial charge in [-0.25, -0.2) is 0 Å². The van der Waals surface area contributed by atoms with Crippen LogP contribution >= 0.6 is 0 Å². The van der Waals surface area contributed by atoms with Crippen LogP contribution in [0.25, 0.3) is 0 Å². The first-order chi connectivity index (χ1) is 30.3. The van der Waals surface area contributed by atoms with Crippen LogP contribution in [0.5, 0.6) is 0 Å². The van der Waals surface area contributed by atoms with Crippen LogP contribution in [0.3, 0.4) is 0 Å². The van der Waals surface area contributed by atoms with E-state index in [4.69, 9.17) is 14.9 Å². The third-order valence-electron chi connectivity index (χ3n) is 12.8. The second kappa shape index (κ2) is 53.0. The second-order valence-corrected chi connectivity index (χ2v) is 20.3. The predicted octanol–water partition coefficient (Wildman–Crippen LogP) is 19.3. The molecule has 0 aromatic heterocycles. The minimum atomic E-state index is -0.620. The summed E-state index contributed by atoms with van der Waals surface area (Å²) in [6.07, 6.45) is 51.7. The van der Waals surface area contributed by atoms with Crippen molar-refractivity contribution in [3.8, 4) is 0 Å². The largest absolute Gasteiger partial charge is 0.481 e. The van der Waals surface area contributed by atoms with Crippen LogP contribution in [0, 0.1) is 23.7 Å². The molecule has 0 rings (SSSR count). The van der Waals surface area contributed by atoms with Crippen LogP contribution in [0.15, 0.2) is 0 Å². The molecule has 0 heterocycles. The Morgan fingerprint density at radius 2 is 0.540 bits per heavy atom. The lowest BCUT2D eigenvalue weighted by molar-refractivity contribution is -0.147. The van der Waals surface area contributed by atoms with Crippen molar-refractivity contribution in [2.75, 3.05) is 0 Å². The van der Waals surface area contributed by atoms with Crippen LogP contribution in [-0.4, -0.2) is 34.2 Å². The van der Waals surface area contributed by atoms with Gasteiger partial charge in [-0.15, -0.1) is 0 Å². The Labute approximate surface area is 394 Å². The van der Waals surface area contributed by atoms with Gasteiger partial charge in [0.05, 0.1) is 17.9 Å². The van der Waals surface area contributed by atoms with E-state index in [2.05, 4.69) is 20.8 Å². The number of aliphatic carboxylic acids is 2. The highest BCUT2D eigenvalue weighted by molar-refractivity contribution is 5.70. The summed E-state index contributed by atoms with van der Waals surface area (Å²) in [5.41, 5.74) is 0. The Kier molecular flexibility index (Phi) is 55.3. The zero-order valence-electron chi connectivity index (χ0n) is 44.2. The van der Waals surface area contributed by atoms with Crippen molar-refractivity contribution in [2.45, 2.75) is 325 Å². The summed E-state index contributed by atoms with van der Waals surface area (Å²) < 4.78 is 5.12. The monoisotopic (exact) mass is 895 g/mol. The van der Waals surface area contributed by atoms with Gasteiger partial charge in [-0.1, -0.05) is 280 Å². The fourth-order valence-corrected chi connectivity index (χ4v) is 8.50. The second-order valence-electron chi connectivity index (χ2n) is 20.3. The van der Waals surface area contributed by atoms with E-state index < -0.39 is 11.9 Å². The molecule has 0 aromatic rings. The third-order valence-corrected chi connectivity index (χ3v) is 12.8. The average Bonchev–Trinajstić information content (AvgIpc) is 3.22. The van der Waals surface area contributed by atoms with Gasteiger partial charge >= 0.3 is 17.9 Å². The fourth-order valence-electron chi connectivity index (χ4n) is 8.50. The number of carboxylic acid groups (broad SMARTS) is 2. The van der Waals surface area contributed by atoms with Crippen molar-refractivity contribution in [2.24, 2.45) is 23.7 Å². The molecule has 0 saturated carbocycles. The van der Waals surface area contributed by atoms with Crippen molar-refractivity contribution >= 4 is 17.9 Å². The summed E-state index contributed by atoms with van der Waals surface area (Å²) in [6.45, 7) is 18.7. The lowest BCUT2D eigenvalue weighted by Gasteiger charge is -2.15. The number of carboxylic acids is 2. The maximum absolute atomic E-state index is 11.3.